The molecule has 3 unspecified atom stereocenters. The van der Waals surface area contributed by atoms with Gasteiger partial charge in [-0.3, -0.25) is 4.79 Å². The van der Waals surface area contributed by atoms with Crippen LogP contribution >= 0.6 is 0 Å². The summed E-state index contributed by atoms with van der Waals surface area (Å²) in [6, 6.07) is 10.1. The Labute approximate surface area is 131 Å². The van der Waals surface area contributed by atoms with E-state index in [0.29, 0.717) is 0 Å². The summed E-state index contributed by atoms with van der Waals surface area (Å²) in [5.41, 5.74) is 7.53. The molecule has 4 heteroatoms. The summed E-state index contributed by atoms with van der Waals surface area (Å²) in [5, 5.41) is 3.12. The average Bonchev–Trinajstić information content (AvgIpc) is 2.90. The molecular formula is C18H23N3O. The quantitative estimate of drug-likeness (QED) is 0.802. The Morgan fingerprint density at radius 1 is 1.23 bits per heavy atom. The van der Waals surface area contributed by atoms with Crippen LogP contribution in [0.15, 0.2) is 54.6 Å². The zero-order valence-electron chi connectivity index (χ0n) is 12.8. The van der Waals surface area contributed by atoms with E-state index in [2.05, 4.69) is 40.5 Å². The summed E-state index contributed by atoms with van der Waals surface area (Å²) in [6.07, 6.45) is 10.4. The highest BCUT2D eigenvalue weighted by Gasteiger charge is 2.38. The molecule has 1 aliphatic carbocycles. The SMILES string of the molecule is C[C@H](NC(=O)C1NNC2/C=C\C=C/CCC21)c1ccccc1. The first-order chi connectivity index (χ1) is 10.8. The van der Waals surface area contributed by atoms with Crippen molar-refractivity contribution < 1.29 is 4.79 Å². The van der Waals surface area contributed by atoms with Crippen molar-refractivity contribution in [3.05, 3.63) is 60.2 Å². The third-order valence-electron chi connectivity index (χ3n) is 4.47. The zero-order valence-corrected chi connectivity index (χ0v) is 12.8. The van der Waals surface area contributed by atoms with Gasteiger partial charge in [0.2, 0.25) is 5.91 Å². The summed E-state index contributed by atoms with van der Waals surface area (Å²) in [6.45, 7) is 2.02. The first kappa shape index (κ1) is 15.0. The minimum Gasteiger partial charge on any atom is -0.348 e. The standard InChI is InChI=1S/C18H23N3O/c1-13(14-9-5-4-6-10-14)19-18(22)17-15-11-7-2-3-8-12-16(15)20-21-17/h2-6,8-10,12-13,15-17,20-21H,7,11H2,1H3,(H,19,22)/b3-2-,12-8-/t13-,15?,16?,17?/m0/s1. The molecule has 4 atom stereocenters. The molecule has 4 nitrogen and oxygen atoms in total. The molecule has 0 aromatic heterocycles. The Morgan fingerprint density at radius 2 is 2.05 bits per heavy atom. The fourth-order valence-electron chi connectivity index (χ4n) is 3.18. The third-order valence-corrected chi connectivity index (χ3v) is 4.47. The fourth-order valence-corrected chi connectivity index (χ4v) is 3.18. The number of hydrazine groups is 1. The van der Waals surface area contributed by atoms with Crippen LogP contribution in [-0.2, 0) is 4.79 Å². The number of carbonyl (C=O) groups is 1. The van der Waals surface area contributed by atoms with Crippen molar-refractivity contribution in [2.45, 2.75) is 37.9 Å². The van der Waals surface area contributed by atoms with Crippen molar-refractivity contribution in [3.8, 4) is 0 Å². The number of hydrogen-bond acceptors (Lipinski definition) is 3. The second kappa shape index (κ2) is 6.90. The Bertz CT molecular complexity index is 567. The van der Waals surface area contributed by atoms with Crippen LogP contribution in [0.3, 0.4) is 0 Å². The average molecular weight is 297 g/mol. The Balaban J connectivity index is 1.65. The predicted octanol–water partition coefficient (Wildman–Crippen LogP) is 2.23. The topological polar surface area (TPSA) is 53.2 Å². The van der Waals surface area contributed by atoms with E-state index in [9.17, 15) is 4.79 Å². The molecule has 1 heterocycles. The molecule has 22 heavy (non-hydrogen) atoms. The first-order valence-electron chi connectivity index (χ1n) is 7.95. The Morgan fingerprint density at radius 3 is 2.86 bits per heavy atom. The molecule has 3 rings (SSSR count). The van der Waals surface area contributed by atoms with Gasteiger partial charge >= 0.3 is 0 Å². The number of fused-ring (bicyclic) bond motifs is 1. The molecule has 0 spiro atoms. The van der Waals surface area contributed by atoms with Gasteiger partial charge in [-0.15, -0.1) is 0 Å². The summed E-state index contributed by atoms with van der Waals surface area (Å²) in [4.78, 5) is 12.6. The van der Waals surface area contributed by atoms with Gasteiger partial charge in [0, 0.05) is 12.0 Å². The molecule has 1 fully saturated rings. The van der Waals surface area contributed by atoms with Gasteiger partial charge in [0.25, 0.3) is 0 Å². The van der Waals surface area contributed by atoms with Gasteiger partial charge in [-0.2, -0.15) is 0 Å². The number of carbonyl (C=O) groups excluding carboxylic acids is 1. The number of benzene rings is 1. The lowest BCUT2D eigenvalue weighted by Gasteiger charge is -2.23. The van der Waals surface area contributed by atoms with Gasteiger partial charge in [-0.1, -0.05) is 54.6 Å². The molecule has 3 N–H and O–H groups in total. The Hall–Kier alpha value is -1.91. The molecule has 1 aliphatic heterocycles. The number of hydrogen-bond donors (Lipinski definition) is 3. The lowest BCUT2D eigenvalue weighted by Crippen LogP contribution is -2.46. The molecular weight excluding hydrogens is 274 g/mol. The molecule has 1 saturated heterocycles. The van der Waals surface area contributed by atoms with E-state index in [-0.39, 0.29) is 30.0 Å². The first-order valence-corrected chi connectivity index (χ1v) is 7.95. The number of nitrogens with one attached hydrogen (secondary N) is 3. The van der Waals surface area contributed by atoms with E-state index < -0.39 is 0 Å². The highest BCUT2D eigenvalue weighted by molar-refractivity contribution is 5.83. The highest BCUT2D eigenvalue weighted by atomic mass is 16.2. The van der Waals surface area contributed by atoms with Gasteiger partial charge in [0.15, 0.2) is 0 Å². The maximum Gasteiger partial charge on any atom is 0.239 e. The largest absolute Gasteiger partial charge is 0.348 e. The van der Waals surface area contributed by atoms with Gasteiger partial charge in [-0.05, 0) is 25.3 Å². The van der Waals surface area contributed by atoms with Gasteiger partial charge in [-0.25, -0.2) is 10.9 Å². The second-order valence-corrected chi connectivity index (χ2v) is 5.99. The number of rotatable bonds is 3. The fraction of sp³-hybridized carbons (Fsp3) is 0.389. The molecule has 1 amide bonds. The van der Waals surface area contributed by atoms with Gasteiger partial charge in [0.05, 0.1) is 6.04 Å². The summed E-state index contributed by atoms with van der Waals surface area (Å²) in [7, 11) is 0. The number of allylic oxidation sites excluding steroid dienone is 3. The van der Waals surface area contributed by atoms with Crippen molar-refractivity contribution >= 4 is 5.91 Å². The molecule has 0 radical (unpaired) electrons. The van der Waals surface area contributed by atoms with Crippen LogP contribution in [0.5, 0.6) is 0 Å². The minimum atomic E-state index is -0.188. The molecule has 0 bridgehead atoms. The molecule has 116 valence electrons. The van der Waals surface area contributed by atoms with Crippen LogP contribution in [0.1, 0.15) is 31.4 Å². The zero-order chi connectivity index (χ0) is 15.4. The molecule has 1 aromatic rings. The summed E-state index contributed by atoms with van der Waals surface area (Å²) in [5.74, 6) is 0.346. The van der Waals surface area contributed by atoms with Crippen LogP contribution in [0.25, 0.3) is 0 Å². The second-order valence-electron chi connectivity index (χ2n) is 5.99. The monoisotopic (exact) mass is 297 g/mol. The predicted molar refractivity (Wildman–Crippen MR) is 87.9 cm³/mol. The van der Waals surface area contributed by atoms with Crippen LogP contribution < -0.4 is 16.2 Å². The van der Waals surface area contributed by atoms with E-state index in [1.807, 2.05) is 37.3 Å². The van der Waals surface area contributed by atoms with Crippen molar-refractivity contribution in [1.29, 1.82) is 0 Å². The van der Waals surface area contributed by atoms with E-state index in [0.717, 1.165) is 18.4 Å². The van der Waals surface area contributed by atoms with Gasteiger partial charge < -0.3 is 5.32 Å². The summed E-state index contributed by atoms with van der Waals surface area (Å²) >= 11 is 0. The van der Waals surface area contributed by atoms with E-state index in [4.69, 9.17) is 0 Å². The molecule has 0 saturated carbocycles. The Kier molecular flexibility index (Phi) is 4.71. The molecule has 2 aliphatic rings. The molecule has 1 aromatic carbocycles. The van der Waals surface area contributed by atoms with Crippen LogP contribution in [0.4, 0.5) is 0 Å². The normalized spacial score (nSPS) is 31.4. The maximum absolute atomic E-state index is 12.6. The van der Waals surface area contributed by atoms with Crippen LogP contribution in [0.2, 0.25) is 0 Å². The maximum atomic E-state index is 12.6. The minimum absolute atomic E-state index is 0.0125. The lowest BCUT2D eigenvalue weighted by molar-refractivity contribution is -0.124. The van der Waals surface area contributed by atoms with Crippen LogP contribution in [-0.4, -0.2) is 18.0 Å². The van der Waals surface area contributed by atoms with Crippen molar-refractivity contribution in [3.63, 3.8) is 0 Å². The van der Waals surface area contributed by atoms with Crippen molar-refractivity contribution in [2.75, 3.05) is 0 Å². The van der Waals surface area contributed by atoms with E-state index in [1.54, 1.807) is 0 Å². The van der Waals surface area contributed by atoms with Crippen LogP contribution in [0, 0.1) is 5.92 Å². The smallest absolute Gasteiger partial charge is 0.239 e. The highest BCUT2D eigenvalue weighted by Crippen LogP contribution is 2.24. The van der Waals surface area contributed by atoms with Crippen molar-refractivity contribution in [2.24, 2.45) is 5.92 Å². The van der Waals surface area contributed by atoms with E-state index in [1.165, 1.54) is 0 Å². The number of amides is 1. The van der Waals surface area contributed by atoms with Crippen molar-refractivity contribution in [1.82, 2.24) is 16.2 Å². The summed E-state index contributed by atoms with van der Waals surface area (Å²) < 4.78 is 0. The van der Waals surface area contributed by atoms with Gasteiger partial charge in [0.1, 0.15) is 6.04 Å². The lowest BCUT2D eigenvalue weighted by atomic mass is 9.87. The van der Waals surface area contributed by atoms with E-state index >= 15 is 0 Å². The third kappa shape index (κ3) is 3.29.